The lowest BCUT2D eigenvalue weighted by molar-refractivity contribution is 0.0313. The lowest BCUT2D eigenvalue weighted by Gasteiger charge is -2.37. The molecule has 2 aromatic rings. The van der Waals surface area contributed by atoms with Crippen molar-refractivity contribution in [2.24, 2.45) is 11.8 Å². The highest BCUT2D eigenvalue weighted by Gasteiger charge is 2.34. The molecule has 36 heavy (non-hydrogen) atoms. The maximum absolute atomic E-state index is 13.5. The maximum Gasteiger partial charge on any atom is 0.259 e. The van der Waals surface area contributed by atoms with E-state index in [9.17, 15) is 19.1 Å². The van der Waals surface area contributed by atoms with Crippen molar-refractivity contribution in [3.63, 3.8) is 0 Å². The normalized spacial score (nSPS) is 18.3. The molecule has 7 nitrogen and oxygen atoms in total. The quantitative estimate of drug-likeness (QED) is 0.619. The summed E-state index contributed by atoms with van der Waals surface area (Å²) in [6.07, 6.45) is 1.82. The number of ether oxygens (including phenoxy) is 1. The van der Waals surface area contributed by atoms with Crippen molar-refractivity contribution in [3.8, 4) is 17.7 Å². The van der Waals surface area contributed by atoms with E-state index in [0.29, 0.717) is 23.6 Å². The number of benzene rings is 1. The molecule has 0 fully saturated rings. The number of aromatic nitrogens is 1. The highest BCUT2D eigenvalue weighted by atomic mass is 19.1. The molecule has 1 aromatic carbocycles. The minimum absolute atomic E-state index is 0.170. The third-order valence-corrected chi connectivity index (χ3v) is 6.16. The number of fused-ring (bicyclic) bond motifs is 1. The highest BCUT2D eigenvalue weighted by Crippen LogP contribution is 2.27. The number of aliphatic hydroxyl groups excluding tert-OH is 1. The summed E-state index contributed by atoms with van der Waals surface area (Å²) < 4.78 is 19.5. The van der Waals surface area contributed by atoms with Crippen molar-refractivity contribution in [3.05, 3.63) is 59.0 Å². The summed E-state index contributed by atoms with van der Waals surface area (Å²) in [4.78, 5) is 33.9. The SMILES string of the molecule is CC(C)CC#Cc1cnc2c(c1)C(=O)N([C@@H](C)CO)C[C@@H](C)[C@H](CN(C)C(=O)c1ccc(F)cc1)O2. The van der Waals surface area contributed by atoms with Crippen LogP contribution in [0.4, 0.5) is 4.39 Å². The Balaban J connectivity index is 1.92. The summed E-state index contributed by atoms with van der Waals surface area (Å²) in [6.45, 7) is 8.24. The van der Waals surface area contributed by atoms with Crippen LogP contribution in [0, 0.1) is 29.5 Å². The second kappa shape index (κ2) is 12.0. The van der Waals surface area contributed by atoms with Gasteiger partial charge in [0.2, 0.25) is 5.88 Å². The number of nitrogens with zero attached hydrogens (tertiary/aromatic N) is 3. The summed E-state index contributed by atoms with van der Waals surface area (Å²) in [5.41, 5.74) is 1.25. The van der Waals surface area contributed by atoms with Gasteiger partial charge in [-0.25, -0.2) is 9.37 Å². The summed E-state index contributed by atoms with van der Waals surface area (Å²) in [7, 11) is 1.65. The zero-order valence-corrected chi connectivity index (χ0v) is 21.5. The van der Waals surface area contributed by atoms with Crippen LogP contribution < -0.4 is 4.74 Å². The first-order valence-corrected chi connectivity index (χ1v) is 12.2. The van der Waals surface area contributed by atoms with Gasteiger partial charge >= 0.3 is 0 Å². The van der Waals surface area contributed by atoms with Crippen molar-refractivity contribution >= 4 is 11.8 Å². The molecule has 0 bridgehead atoms. The molecule has 1 aromatic heterocycles. The van der Waals surface area contributed by atoms with Crippen LogP contribution in [0.1, 0.15) is 60.4 Å². The fraction of sp³-hybridized carbons (Fsp3) is 0.464. The Kier molecular flexibility index (Phi) is 9.05. The van der Waals surface area contributed by atoms with E-state index < -0.39 is 18.0 Å². The zero-order valence-electron chi connectivity index (χ0n) is 21.5. The Morgan fingerprint density at radius 2 is 2.00 bits per heavy atom. The third kappa shape index (κ3) is 6.61. The highest BCUT2D eigenvalue weighted by molar-refractivity contribution is 5.97. The first-order chi connectivity index (χ1) is 17.1. The second-order valence-electron chi connectivity index (χ2n) is 9.79. The smallest absolute Gasteiger partial charge is 0.259 e. The predicted molar refractivity (Wildman–Crippen MR) is 135 cm³/mol. The van der Waals surface area contributed by atoms with Crippen molar-refractivity contribution in [2.75, 3.05) is 26.7 Å². The Morgan fingerprint density at radius 3 is 2.64 bits per heavy atom. The maximum atomic E-state index is 13.5. The van der Waals surface area contributed by atoms with E-state index in [0.717, 1.165) is 6.42 Å². The molecule has 2 amide bonds. The monoisotopic (exact) mass is 495 g/mol. The average molecular weight is 496 g/mol. The molecular weight excluding hydrogens is 461 g/mol. The van der Waals surface area contributed by atoms with Crippen LogP contribution >= 0.6 is 0 Å². The molecule has 192 valence electrons. The van der Waals surface area contributed by atoms with Crippen LogP contribution in [0.2, 0.25) is 0 Å². The number of hydrogen-bond acceptors (Lipinski definition) is 5. The molecule has 8 heteroatoms. The van der Waals surface area contributed by atoms with Crippen LogP contribution in [-0.4, -0.2) is 70.6 Å². The fourth-order valence-corrected chi connectivity index (χ4v) is 3.91. The van der Waals surface area contributed by atoms with Gasteiger partial charge in [0.25, 0.3) is 11.8 Å². The van der Waals surface area contributed by atoms with Crippen LogP contribution in [-0.2, 0) is 0 Å². The van der Waals surface area contributed by atoms with E-state index in [-0.39, 0.29) is 42.3 Å². The molecule has 3 atom stereocenters. The molecule has 2 heterocycles. The Hall–Kier alpha value is -3.44. The number of pyridine rings is 1. The molecule has 0 saturated carbocycles. The minimum atomic E-state index is -0.481. The van der Waals surface area contributed by atoms with Gasteiger partial charge in [0.1, 0.15) is 17.5 Å². The zero-order chi connectivity index (χ0) is 26.4. The molecule has 1 N–H and O–H groups in total. The molecule has 0 saturated heterocycles. The van der Waals surface area contributed by atoms with Crippen LogP contribution in [0.25, 0.3) is 0 Å². The second-order valence-corrected chi connectivity index (χ2v) is 9.79. The van der Waals surface area contributed by atoms with Crippen molar-refractivity contribution < 1.29 is 23.8 Å². The number of carbonyl (C=O) groups excluding carboxylic acids is 2. The number of halogens is 1. The van der Waals surface area contributed by atoms with Crippen LogP contribution in [0.5, 0.6) is 5.88 Å². The lowest BCUT2D eigenvalue weighted by atomic mass is 9.99. The minimum Gasteiger partial charge on any atom is -0.472 e. The van der Waals surface area contributed by atoms with Gasteiger partial charge in [-0.15, -0.1) is 0 Å². The first kappa shape index (κ1) is 27.2. The number of carbonyl (C=O) groups is 2. The van der Waals surface area contributed by atoms with Gasteiger partial charge in [0.05, 0.1) is 19.2 Å². The van der Waals surface area contributed by atoms with Gasteiger partial charge in [-0.3, -0.25) is 9.59 Å². The van der Waals surface area contributed by atoms with Gasteiger partial charge in [-0.1, -0.05) is 32.6 Å². The molecule has 0 aliphatic carbocycles. The van der Waals surface area contributed by atoms with E-state index in [2.05, 4.69) is 30.7 Å². The summed E-state index contributed by atoms with van der Waals surface area (Å²) >= 11 is 0. The number of rotatable bonds is 6. The van der Waals surface area contributed by atoms with Gasteiger partial charge in [-0.05, 0) is 43.2 Å². The molecule has 1 aliphatic rings. The Bertz CT molecular complexity index is 1140. The molecule has 0 unspecified atom stereocenters. The van der Waals surface area contributed by atoms with Crippen LogP contribution in [0.15, 0.2) is 36.5 Å². The Labute approximate surface area is 212 Å². The topological polar surface area (TPSA) is 83.0 Å². The average Bonchev–Trinajstić information content (AvgIpc) is 2.85. The third-order valence-electron chi connectivity index (χ3n) is 6.16. The molecule has 1 aliphatic heterocycles. The molecule has 0 spiro atoms. The van der Waals surface area contributed by atoms with Gasteiger partial charge in [0.15, 0.2) is 0 Å². The molecule has 3 rings (SSSR count). The van der Waals surface area contributed by atoms with Gasteiger partial charge in [0, 0.05) is 43.3 Å². The lowest BCUT2D eigenvalue weighted by Crippen LogP contribution is -2.50. The number of aliphatic hydroxyl groups is 1. The number of likely N-dealkylation sites (N-methyl/N-ethyl adjacent to an activating group) is 1. The molecular formula is C28H34FN3O4. The van der Waals surface area contributed by atoms with Crippen molar-refractivity contribution in [2.45, 2.75) is 46.3 Å². The summed E-state index contributed by atoms with van der Waals surface area (Å²) in [6, 6.07) is 6.64. The van der Waals surface area contributed by atoms with E-state index in [4.69, 9.17) is 4.74 Å². The number of hydrogen-bond donors (Lipinski definition) is 1. The Morgan fingerprint density at radius 1 is 1.31 bits per heavy atom. The van der Waals surface area contributed by atoms with Crippen LogP contribution in [0.3, 0.4) is 0 Å². The van der Waals surface area contributed by atoms with Gasteiger partial charge < -0.3 is 19.6 Å². The largest absolute Gasteiger partial charge is 0.472 e. The predicted octanol–water partition coefficient (Wildman–Crippen LogP) is 3.61. The van der Waals surface area contributed by atoms with Crippen molar-refractivity contribution in [1.82, 2.24) is 14.8 Å². The van der Waals surface area contributed by atoms with E-state index >= 15 is 0 Å². The summed E-state index contributed by atoms with van der Waals surface area (Å²) in [5, 5.41) is 9.81. The van der Waals surface area contributed by atoms with Gasteiger partial charge in [-0.2, -0.15) is 0 Å². The molecule has 0 radical (unpaired) electrons. The standard InChI is InChI=1S/C28H34FN3O4/c1-18(2)7-6-8-21-13-24-26(30-14-21)36-25(19(3)15-32(28(24)35)20(4)17-33)16-31(5)27(34)22-9-11-23(29)12-10-22/h9-14,18-20,25,33H,7,15-17H2,1-5H3/t19-,20+,25+/m1/s1. The number of amides is 2. The fourth-order valence-electron chi connectivity index (χ4n) is 3.91. The van der Waals surface area contributed by atoms with E-state index in [1.807, 2.05) is 6.92 Å². The van der Waals surface area contributed by atoms with Crippen molar-refractivity contribution in [1.29, 1.82) is 0 Å². The first-order valence-electron chi connectivity index (χ1n) is 12.2. The van der Waals surface area contributed by atoms with E-state index in [1.165, 1.54) is 29.2 Å². The van der Waals surface area contributed by atoms with E-state index in [1.54, 1.807) is 31.1 Å². The summed E-state index contributed by atoms with van der Waals surface area (Å²) in [5.74, 6) is 5.63.